The maximum atomic E-state index is 10.6. The fourth-order valence-corrected chi connectivity index (χ4v) is 1.32. The van der Waals surface area contributed by atoms with Gasteiger partial charge in [-0.15, -0.1) is 0 Å². The van der Waals surface area contributed by atoms with Crippen LogP contribution in [-0.2, 0) is 0 Å². The lowest BCUT2D eigenvalue weighted by Crippen LogP contribution is -2.02. The Bertz CT molecular complexity index is 326. The van der Waals surface area contributed by atoms with Gasteiger partial charge in [0.2, 0.25) is 0 Å². The highest BCUT2D eigenvalue weighted by molar-refractivity contribution is 5.88. The molecular formula is C8H10N2O2. The Kier molecular flexibility index (Phi) is 1.43. The number of carboxylic acids is 1. The Morgan fingerprint density at radius 3 is 2.83 bits per heavy atom. The standard InChI is InChI=1S/C8H10N2O2/c1-5-7(8(11)12)4-9-10(5)6-2-3-6/h4,6H,2-3H2,1H3,(H,11,12). The molecule has 0 aliphatic heterocycles. The van der Waals surface area contributed by atoms with Crippen LogP contribution in [0.15, 0.2) is 6.20 Å². The molecule has 0 amide bonds. The predicted octanol–water partition coefficient (Wildman–Crippen LogP) is 1.22. The summed E-state index contributed by atoms with van der Waals surface area (Å²) in [5, 5.41) is 12.8. The second-order valence-electron chi connectivity index (χ2n) is 3.12. The molecule has 4 nitrogen and oxygen atoms in total. The van der Waals surface area contributed by atoms with E-state index >= 15 is 0 Å². The van der Waals surface area contributed by atoms with E-state index < -0.39 is 5.97 Å². The van der Waals surface area contributed by atoms with E-state index in [2.05, 4.69) is 5.10 Å². The number of nitrogens with zero attached hydrogens (tertiary/aromatic N) is 2. The molecule has 0 atom stereocenters. The number of hydrogen-bond acceptors (Lipinski definition) is 2. The van der Waals surface area contributed by atoms with Gasteiger partial charge in [-0.3, -0.25) is 4.68 Å². The molecule has 0 saturated heterocycles. The third-order valence-corrected chi connectivity index (χ3v) is 2.17. The van der Waals surface area contributed by atoms with E-state index in [1.165, 1.54) is 6.20 Å². The van der Waals surface area contributed by atoms with Crippen molar-refractivity contribution in [3.63, 3.8) is 0 Å². The van der Waals surface area contributed by atoms with Crippen molar-refractivity contribution in [3.05, 3.63) is 17.5 Å². The van der Waals surface area contributed by atoms with Gasteiger partial charge in [-0.2, -0.15) is 5.10 Å². The van der Waals surface area contributed by atoms with Crippen LogP contribution in [0.3, 0.4) is 0 Å². The molecule has 0 bridgehead atoms. The van der Waals surface area contributed by atoms with Crippen LogP contribution in [0.2, 0.25) is 0 Å². The predicted molar refractivity (Wildman–Crippen MR) is 42.2 cm³/mol. The second kappa shape index (κ2) is 2.33. The quantitative estimate of drug-likeness (QED) is 0.718. The Balaban J connectivity index is 2.39. The third-order valence-electron chi connectivity index (χ3n) is 2.17. The van der Waals surface area contributed by atoms with E-state index in [1.54, 1.807) is 6.92 Å². The molecule has 1 saturated carbocycles. The third kappa shape index (κ3) is 0.995. The largest absolute Gasteiger partial charge is 0.478 e. The van der Waals surface area contributed by atoms with E-state index in [0.29, 0.717) is 11.6 Å². The molecule has 1 fully saturated rings. The molecule has 0 spiro atoms. The molecule has 1 aliphatic rings. The van der Waals surface area contributed by atoms with Crippen LogP contribution in [-0.4, -0.2) is 20.9 Å². The summed E-state index contributed by atoms with van der Waals surface area (Å²) < 4.78 is 1.81. The van der Waals surface area contributed by atoms with Crippen LogP contribution in [0.1, 0.15) is 34.9 Å². The smallest absolute Gasteiger partial charge is 0.339 e. The summed E-state index contributed by atoms with van der Waals surface area (Å²) in [5.74, 6) is -0.889. The summed E-state index contributed by atoms with van der Waals surface area (Å²) in [5.41, 5.74) is 1.09. The average Bonchev–Trinajstić information content (AvgIpc) is 2.75. The van der Waals surface area contributed by atoms with Crippen LogP contribution in [0, 0.1) is 6.92 Å². The normalized spacial score (nSPS) is 16.4. The van der Waals surface area contributed by atoms with Crippen molar-refractivity contribution in [3.8, 4) is 0 Å². The van der Waals surface area contributed by atoms with Crippen molar-refractivity contribution in [1.29, 1.82) is 0 Å². The van der Waals surface area contributed by atoms with Crippen LogP contribution in [0.4, 0.5) is 0 Å². The van der Waals surface area contributed by atoms with Crippen molar-refractivity contribution in [2.45, 2.75) is 25.8 Å². The van der Waals surface area contributed by atoms with E-state index in [0.717, 1.165) is 18.5 Å². The van der Waals surface area contributed by atoms with Gasteiger partial charge >= 0.3 is 5.97 Å². The van der Waals surface area contributed by atoms with Crippen molar-refractivity contribution >= 4 is 5.97 Å². The Morgan fingerprint density at radius 1 is 1.75 bits per heavy atom. The number of rotatable bonds is 2. The van der Waals surface area contributed by atoms with Gasteiger partial charge < -0.3 is 5.11 Å². The first-order chi connectivity index (χ1) is 5.70. The van der Waals surface area contributed by atoms with E-state index in [-0.39, 0.29) is 0 Å². The summed E-state index contributed by atoms with van der Waals surface area (Å²) in [7, 11) is 0. The molecule has 1 aromatic rings. The fraction of sp³-hybridized carbons (Fsp3) is 0.500. The SMILES string of the molecule is Cc1c(C(=O)O)cnn1C1CC1. The van der Waals surface area contributed by atoms with Gasteiger partial charge in [0.05, 0.1) is 17.9 Å². The highest BCUT2D eigenvalue weighted by atomic mass is 16.4. The summed E-state index contributed by atoms with van der Waals surface area (Å²) >= 11 is 0. The van der Waals surface area contributed by atoms with Gasteiger partial charge in [0, 0.05) is 0 Å². The minimum Gasteiger partial charge on any atom is -0.478 e. The molecule has 1 heterocycles. The summed E-state index contributed by atoms with van der Waals surface area (Å²) in [6.07, 6.45) is 3.68. The maximum Gasteiger partial charge on any atom is 0.339 e. The first kappa shape index (κ1) is 7.34. The summed E-state index contributed by atoms with van der Waals surface area (Å²) in [6, 6.07) is 0.457. The Labute approximate surface area is 69.8 Å². The molecule has 0 unspecified atom stereocenters. The first-order valence-corrected chi connectivity index (χ1v) is 3.97. The van der Waals surface area contributed by atoms with Gasteiger partial charge in [-0.05, 0) is 19.8 Å². The molecule has 2 rings (SSSR count). The number of hydrogen-bond donors (Lipinski definition) is 1. The molecule has 0 aromatic carbocycles. The van der Waals surface area contributed by atoms with Gasteiger partial charge in [-0.25, -0.2) is 4.79 Å². The highest BCUT2D eigenvalue weighted by Gasteiger charge is 2.27. The number of aromatic carboxylic acids is 1. The van der Waals surface area contributed by atoms with Crippen molar-refractivity contribution < 1.29 is 9.90 Å². The van der Waals surface area contributed by atoms with Crippen molar-refractivity contribution in [2.24, 2.45) is 0 Å². The minimum atomic E-state index is -0.889. The lowest BCUT2D eigenvalue weighted by molar-refractivity contribution is 0.0696. The van der Waals surface area contributed by atoms with Crippen LogP contribution in [0.25, 0.3) is 0 Å². The fourth-order valence-electron chi connectivity index (χ4n) is 1.32. The van der Waals surface area contributed by atoms with E-state index in [4.69, 9.17) is 5.11 Å². The Hall–Kier alpha value is -1.32. The zero-order valence-electron chi connectivity index (χ0n) is 6.82. The van der Waals surface area contributed by atoms with Crippen LogP contribution in [0.5, 0.6) is 0 Å². The van der Waals surface area contributed by atoms with Crippen molar-refractivity contribution in [1.82, 2.24) is 9.78 Å². The molecule has 64 valence electrons. The first-order valence-electron chi connectivity index (χ1n) is 3.97. The number of aromatic nitrogens is 2. The maximum absolute atomic E-state index is 10.6. The van der Waals surface area contributed by atoms with Crippen molar-refractivity contribution in [2.75, 3.05) is 0 Å². The van der Waals surface area contributed by atoms with Gasteiger partial charge in [0.1, 0.15) is 5.56 Å². The number of carbonyl (C=O) groups is 1. The molecular weight excluding hydrogens is 156 g/mol. The number of carboxylic acid groups (broad SMARTS) is 1. The molecule has 1 aromatic heterocycles. The van der Waals surface area contributed by atoms with Gasteiger partial charge in [0.15, 0.2) is 0 Å². The molecule has 1 aliphatic carbocycles. The Morgan fingerprint density at radius 2 is 2.42 bits per heavy atom. The second-order valence-corrected chi connectivity index (χ2v) is 3.12. The molecule has 1 N–H and O–H groups in total. The zero-order valence-corrected chi connectivity index (χ0v) is 6.82. The summed E-state index contributed by atoms with van der Waals surface area (Å²) in [6.45, 7) is 1.80. The highest BCUT2D eigenvalue weighted by Crippen LogP contribution is 2.35. The topological polar surface area (TPSA) is 55.1 Å². The minimum absolute atomic E-state index is 0.321. The van der Waals surface area contributed by atoms with Crippen LogP contribution >= 0.6 is 0 Å². The summed E-state index contributed by atoms with van der Waals surface area (Å²) in [4.78, 5) is 10.6. The zero-order chi connectivity index (χ0) is 8.72. The molecule has 0 radical (unpaired) electrons. The van der Waals surface area contributed by atoms with Gasteiger partial charge in [0.25, 0.3) is 0 Å². The van der Waals surface area contributed by atoms with Gasteiger partial charge in [-0.1, -0.05) is 0 Å². The lowest BCUT2D eigenvalue weighted by atomic mass is 10.3. The van der Waals surface area contributed by atoms with Crippen LogP contribution < -0.4 is 0 Å². The molecule has 12 heavy (non-hydrogen) atoms. The van der Waals surface area contributed by atoms with E-state index in [1.807, 2.05) is 4.68 Å². The molecule has 4 heteroatoms. The lowest BCUT2D eigenvalue weighted by Gasteiger charge is -1.99. The average molecular weight is 166 g/mol. The monoisotopic (exact) mass is 166 g/mol. The van der Waals surface area contributed by atoms with E-state index in [9.17, 15) is 4.79 Å².